The number of carbonyl (C=O) groups excluding carboxylic acids is 1. The van der Waals surface area contributed by atoms with Gasteiger partial charge >= 0.3 is 0 Å². The molecule has 0 aliphatic heterocycles. The van der Waals surface area contributed by atoms with Crippen molar-refractivity contribution in [3.63, 3.8) is 0 Å². The quantitative estimate of drug-likeness (QED) is 0.845. The van der Waals surface area contributed by atoms with E-state index < -0.39 is 11.7 Å². The molecule has 1 aliphatic carbocycles. The van der Waals surface area contributed by atoms with Gasteiger partial charge in [0.1, 0.15) is 0 Å². The summed E-state index contributed by atoms with van der Waals surface area (Å²) in [5, 5.41) is 2.79. The van der Waals surface area contributed by atoms with Gasteiger partial charge in [0.05, 0.1) is 11.7 Å². The first-order valence-electron chi connectivity index (χ1n) is 5.85. The molecule has 0 spiro atoms. The summed E-state index contributed by atoms with van der Waals surface area (Å²) in [6.07, 6.45) is 3.99. The van der Waals surface area contributed by atoms with Crippen molar-refractivity contribution in [1.82, 2.24) is 10.3 Å². The summed E-state index contributed by atoms with van der Waals surface area (Å²) >= 11 is 0. The van der Waals surface area contributed by atoms with E-state index >= 15 is 0 Å². The van der Waals surface area contributed by atoms with E-state index in [-0.39, 0.29) is 23.5 Å². The van der Waals surface area contributed by atoms with Gasteiger partial charge in [-0.25, -0.2) is 9.37 Å². The largest absolute Gasteiger partial charge is 0.381 e. The average Bonchev–Trinajstić information content (AvgIpc) is 2.80. The number of halogens is 1. The Morgan fingerprint density at radius 2 is 2.39 bits per heavy atom. The van der Waals surface area contributed by atoms with E-state index in [9.17, 15) is 9.18 Å². The molecule has 0 bridgehead atoms. The lowest BCUT2D eigenvalue weighted by molar-refractivity contribution is 0.0911. The van der Waals surface area contributed by atoms with Crippen LogP contribution in [0.4, 0.5) is 10.2 Å². The number of nitrogens with one attached hydrogen (secondary N) is 1. The van der Waals surface area contributed by atoms with Gasteiger partial charge in [0, 0.05) is 19.3 Å². The van der Waals surface area contributed by atoms with Crippen LogP contribution in [0.5, 0.6) is 0 Å². The van der Waals surface area contributed by atoms with Gasteiger partial charge in [-0.2, -0.15) is 0 Å². The van der Waals surface area contributed by atoms with Crippen molar-refractivity contribution in [2.24, 2.45) is 0 Å². The minimum atomic E-state index is -0.767. The fourth-order valence-corrected chi connectivity index (χ4v) is 2.18. The van der Waals surface area contributed by atoms with E-state index in [2.05, 4.69) is 10.3 Å². The maximum atomic E-state index is 13.6. The Bertz CT molecular complexity index is 453. The number of pyridine rings is 1. The first-order chi connectivity index (χ1) is 8.61. The predicted octanol–water partition coefficient (Wildman–Crippen LogP) is 1.10. The number of nitrogens with zero attached hydrogens (tertiary/aromatic N) is 1. The number of nitrogen functional groups attached to an aromatic ring is 1. The zero-order valence-electron chi connectivity index (χ0n) is 10.1. The van der Waals surface area contributed by atoms with Crippen molar-refractivity contribution < 1.29 is 13.9 Å². The molecule has 0 aromatic carbocycles. The van der Waals surface area contributed by atoms with Crippen LogP contribution in [0.15, 0.2) is 12.3 Å². The van der Waals surface area contributed by atoms with E-state index in [1.807, 2.05) is 0 Å². The van der Waals surface area contributed by atoms with Crippen molar-refractivity contribution in [2.75, 3.05) is 12.8 Å². The lowest BCUT2D eigenvalue weighted by atomic mass is 10.2. The van der Waals surface area contributed by atoms with E-state index in [4.69, 9.17) is 10.5 Å². The molecule has 1 saturated carbocycles. The molecule has 2 unspecified atom stereocenters. The van der Waals surface area contributed by atoms with Crippen LogP contribution in [-0.2, 0) is 4.74 Å². The third-order valence-corrected chi connectivity index (χ3v) is 3.21. The summed E-state index contributed by atoms with van der Waals surface area (Å²) in [6.45, 7) is 0. The lowest BCUT2D eigenvalue weighted by Crippen LogP contribution is -2.34. The Labute approximate surface area is 105 Å². The van der Waals surface area contributed by atoms with Gasteiger partial charge in [-0.15, -0.1) is 0 Å². The number of amides is 1. The van der Waals surface area contributed by atoms with Crippen molar-refractivity contribution in [2.45, 2.75) is 31.4 Å². The van der Waals surface area contributed by atoms with Gasteiger partial charge in [0.15, 0.2) is 11.6 Å². The molecule has 0 saturated heterocycles. The molecular weight excluding hydrogens is 237 g/mol. The molecule has 3 N–H and O–H groups in total. The van der Waals surface area contributed by atoms with Crippen molar-refractivity contribution in [1.29, 1.82) is 0 Å². The Morgan fingerprint density at radius 1 is 1.61 bits per heavy atom. The zero-order valence-corrected chi connectivity index (χ0v) is 10.1. The van der Waals surface area contributed by atoms with Gasteiger partial charge in [-0.3, -0.25) is 4.79 Å². The number of carbonyl (C=O) groups is 1. The van der Waals surface area contributed by atoms with Gasteiger partial charge in [0.25, 0.3) is 5.91 Å². The highest BCUT2D eigenvalue weighted by Crippen LogP contribution is 2.22. The molecular formula is C12H16FN3O2. The molecule has 18 heavy (non-hydrogen) atoms. The van der Waals surface area contributed by atoms with Crippen molar-refractivity contribution >= 4 is 11.7 Å². The normalized spacial score (nSPS) is 23.0. The van der Waals surface area contributed by atoms with Gasteiger partial charge in [0.2, 0.25) is 0 Å². The summed E-state index contributed by atoms with van der Waals surface area (Å²) in [5.41, 5.74) is 5.26. The fourth-order valence-electron chi connectivity index (χ4n) is 2.18. The highest BCUT2D eigenvalue weighted by molar-refractivity contribution is 5.95. The molecule has 98 valence electrons. The van der Waals surface area contributed by atoms with E-state index in [0.717, 1.165) is 19.3 Å². The molecule has 2 atom stereocenters. The second-order valence-electron chi connectivity index (χ2n) is 4.40. The standard InChI is InChI=1S/C12H16FN3O2/c1-18-8-3-2-7(6-8)16-12(17)9-4-5-15-11(14)10(9)13/h4-5,7-8H,2-3,6H2,1H3,(H2,14,15)(H,16,17). The molecule has 6 heteroatoms. The van der Waals surface area contributed by atoms with Gasteiger partial charge < -0.3 is 15.8 Å². The summed E-state index contributed by atoms with van der Waals surface area (Å²) in [7, 11) is 1.65. The minimum Gasteiger partial charge on any atom is -0.381 e. The van der Waals surface area contributed by atoms with E-state index in [1.165, 1.54) is 12.3 Å². The number of rotatable bonds is 3. The SMILES string of the molecule is COC1CCC(NC(=O)c2ccnc(N)c2F)C1. The minimum absolute atomic E-state index is 0.0243. The Balaban J connectivity index is 2.02. The van der Waals surface area contributed by atoms with Crippen molar-refractivity contribution in [3.8, 4) is 0 Å². The molecule has 5 nitrogen and oxygen atoms in total. The Hall–Kier alpha value is -1.69. The molecule has 1 aromatic rings. The first kappa shape index (κ1) is 12.8. The fraction of sp³-hybridized carbons (Fsp3) is 0.500. The number of methoxy groups -OCH3 is 1. The van der Waals surface area contributed by atoms with Crippen LogP contribution in [-0.4, -0.2) is 30.1 Å². The molecule has 1 heterocycles. The summed E-state index contributed by atoms with van der Waals surface area (Å²) in [4.78, 5) is 15.5. The molecule has 1 amide bonds. The molecule has 1 fully saturated rings. The van der Waals surface area contributed by atoms with Crippen LogP contribution >= 0.6 is 0 Å². The van der Waals surface area contributed by atoms with Crippen LogP contribution in [0.3, 0.4) is 0 Å². The monoisotopic (exact) mass is 253 g/mol. The highest BCUT2D eigenvalue weighted by atomic mass is 19.1. The first-order valence-corrected chi connectivity index (χ1v) is 5.85. The number of nitrogens with two attached hydrogens (primary N) is 1. The third kappa shape index (κ3) is 2.59. The Kier molecular flexibility index (Phi) is 3.76. The second-order valence-corrected chi connectivity index (χ2v) is 4.40. The molecule has 1 aromatic heterocycles. The molecule has 1 aliphatic rings. The molecule has 2 rings (SSSR count). The number of hydrogen-bond donors (Lipinski definition) is 2. The Morgan fingerprint density at radius 3 is 3.06 bits per heavy atom. The topological polar surface area (TPSA) is 77.2 Å². The molecule has 0 radical (unpaired) electrons. The number of hydrogen-bond acceptors (Lipinski definition) is 4. The van der Waals surface area contributed by atoms with Crippen LogP contribution in [0.1, 0.15) is 29.6 Å². The smallest absolute Gasteiger partial charge is 0.254 e. The average molecular weight is 253 g/mol. The number of anilines is 1. The summed E-state index contributed by atoms with van der Waals surface area (Å²) in [6, 6.07) is 1.35. The van der Waals surface area contributed by atoms with E-state index in [1.54, 1.807) is 7.11 Å². The van der Waals surface area contributed by atoms with Crippen LogP contribution in [0, 0.1) is 5.82 Å². The van der Waals surface area contributed by atoms with Crippen LogP contribution < -0.4 is 11.1 Å². The van der Waals surface area contributed by atoms with E-state index in [0.29, 0.717) is 0 Å². The zero-order chi connectivity index (χ0) is 13.1. The van der Waals surface area contributed by atoms with Crippen LogP contribution in [0.2, 0.25) is 0 Å². The van der Waals surface area contributed by atoms with Gasteiger partial charge in [-0.1, -0.05) is 0 Å². The maximum Gasteiger partial charge on any atom is 0.254 e. The van der Waals surface area contributed by atoms with Crippen LogP contribution in [0.25, 0.3) is 0 Å². The third-order valence-electron chi connectivity index (χ3n) is 3.21. The summed E-state index contributed by atoms with van der Waals surface area (Å²) in [5.74, 6) is -1.48. The highest BCUT2D eigenvalue weighted by Gasteiger charge is 2.26. The van der Waals surface area contributed by atoms with Crippen molar-refractivity contribution in [3.05, 3.63) is 23.6 Å². The summed E-state index contributed by atoms with van der Waals surface area (Å²) < 4.78 is 18.8. The second kappa shape index (κ2) is 5.30. The van der Waals surface area contributed by atoms with Gasteiger partial charge in [-0.05, 0) is 25.3 Å². The predicted molar refractivity (Wildman–Crippen MR) is 64.5 cm³/mol. The number of ether oxygens (including phenoxy) is 1. The lowest BCUT2D eigenvalue weighted by Gasteiger charge is -2.13. The maximum absolute atomic E-state index is 13.6. The number of aromatic nitrogens is 1.